The Morgan fingerprint density at radius 3 is 2.77 bits per heavy atom. The summed E-state index contributed by atoms with van der Waals surface area (Å²) in [6, 6.07) is 11.3. The molecule has 0 unspecified atom stereocenters. The van der Waals surface area contributed by atoms with E-state index in [4.69, 9.17) is 15.0 Å². The van der Waals surface area contributed by atoms with Gasteiger partial charge in [0.2, 0.25) is 11.0 Å². The van der Waals surface area contributed by atoms with E-state index in [1.165, 1.54) is 16.4 Å². The average molecular weight is 381 g/mol. The van der Waals surface area contributed by atoms with Gasteiger partial charge in [-0.25, -0.2) is 4.68 Å². The molecule has 0 aliphatic rings. The van der Waals surface area contributed by atoms with Gasteiger partial charge in [0.1, 0.15) is 5.75 Å². The molecule has 2 N–H and O–H groups in total. The molecule has 0 saturated heterocycles. The molecule has 3 rings (SSSR count). The smallest absolute Gasteiger partial charge is 0.218 e. The molecular formula is C14H13BrN4O2S. The second-order valence-corrected chi connectivity index (χ2v) is 6.28. The van der Waals surface area contributed by atoms with Crippen LogP contribution in [0, 0.1) is 0 Å². The molecule has 0 bridgehead atoms. The fourth-order valence-corrected chi connectivity index (χ4v) is 2.71. The maximum atomic E-state index is 5.97. The first-order chi connectivity index (χ1) is 10.7. The number of ether oxygens (including phenoxy) is 1. The summed E-state index contributed by atoms with van der Waals surface area (Å²) in [6.45, 7) is 0.551. The number of thioether (sulfide) groups is 1. The molecular weight excluding hydrogens is 368 g/mol. The summed E-state index contributed by atoms with van der Waals surface area (Å²) in [4.78, 5) is 0. The third-order valence-corrected chi connectivity index (χ3v) is 4.24. The highest BCUT2D eigenvalue weighted by Gasteiger charge is 2.13. The van der Waals surface area contributed by atoms with Gasteiger partial charge in [-0.2, -0.15) is 0 Å². The predicted octanol–water partition coefficient (Wildman–Crippen LogP) is 3.19. The van der Waals surface area contributed by atoms with Crippen molar-refractivity contribution in [1.82, 2.24) is 14.9 Å². The van der Waals surface area contributed by atoms with E-state index in [1.54, 1.807) is 18.4 Å². The Hall–Kier alpha value is -1.93. The minimum atomic E-state index is 0.501. The lowest BCUT2D eigenvalue weighted by Gasteiger charge is -2.06. The standard InChI is InChI=1S/C14H13BrN4O2S/c15-10-3-5-11(6-4-10)20-8-9-22-14-18-17-13(19(14)16)12-2-1-7-21-12/h1-7H,8-9,16H2. The molecule has 0 saturated carbocycles. The maximum absolute atomic E-state index is 5.97. The Balaban J connectivity index is 1.53. The maximum Gasteiger partial charge on any atom is 0.218 e. The van der Waals surface area contributed by atoms with E-state index in [-0.39, 0.29) is 0 Å². The Morgan fingerprint density at radius 1 is 1.23 bits per heavy atom. The monoisotopic (exact) mass is 380 g/mol. The van der Waals surface area contributed by atoms with Crippen LogP contribution in [0.4, 0.5) is 0 Å². The number of nitrogens with zero attached hydrogens (tertiary/aromatic N) is 3. The van der Waals surface area contributed by atoms with E-state index in [9.17, 15) is 0 Å². The summed E-state index contributed by atoms with van der Waals surface area (Å²) in [7, 11) is 0. The molecule has 0 fully saturated rings. The van der Waals surface area contributed by atoms with E-state index in [1.807, 2.05) is 24.3 Å². The third-order valence-electron chi connectivity index (χ3n) is 2.80. The highest BCUT2D eigenvalue weighted by molar-refractivity contribution is 9.10. The summed E-state index contributed by atoms with van der Waals surface area (Å²) in [5, 5.41) is 8.71. The fourth-order valence-electron chi connectivity index (χ4n) is 1.77. The number of halogens is 1. The number of rotatable bonds is 6. The number of furan rings is 1. The summed E-state index contributed by atoms with van der Waals surface area (Å²) in [6.07, 6.45) is 1.57. The van der Waals surface area contributed by atoms with E-state index in [0.717, 1.165) is 10.2 Å². The quantitative estimate of drug-likeness (QED) is 0.401. The van der Waals surface area contributed by atoms with Crippen LogP contribution in [0.15, 0.2) is 56.7 Å². The van der Waals surface area contributed by atoms with Crippen molar-refractivity contribution in [3.63, 3.8) is 0 Å². The molecule has 0 spiro atoms. The summed E-state index contributed by atoms with van der Waals surface area (Å²) in [5.41, 5.74) is 0. The largest absolute Gasteiger partial charge is 0.493 e. The van der Waals surface area contributed by atoms with Gasteiger partial charge in [-0.15, -0.1) is 10.2 Å². The van der Waals surface area contributed by atoms with Gasteiger partial charge >= 0.3 is 0 Å². The number of nitrogens with two attached hydrogens (primary N) is 1. The Kier molecular flexibility index (Phi) is 4.69. The summed E-state index contributed by atoms with van der Waals surface area (Å²) in [5.74, 6) is 8.60. The molecule has 114 valence electrons. The van der Waals surface area contributed by atoms with Crippen LogP contribution >= 0.6 is 27.7 Å². The summed E-state index contributed by atoms with van der Waals surface area (Å²) >= 11 is 4.86. The lowest BCUT2D eigenvalue weighted by Crippen LogP contribution is -2.12. The molecule has 0 radical (unpaired) electrons. The molecule has 8 heteroatoms. The molecule has 6 nitrogen and oxygen atoms in total. The molecule has 2 aromatic heterocycles. The molecule has 3 aromatic rings. The van der Waals surface area contributed by atoms with Gasteiger partial charge in [0, 0.05) is 10.2 Å². The Labute approximate surface area is 139 Å². The van der Waals surface area contributed by atoms with Crippen molar-refractivity contribution in [3.05, 3.63) is 47.1 Å². The molecule has 0 aliphatic carbocycles. The van der Waals surface area contributed by atoms with Crippen LogP contribution in [0.2, 0.25) is 0 Å². The van der Waals surface area contributed by atoms with Crippen molar-refractivity contribution in [2.45, 2.75) is 5.16 Å². The van der Waals surface area contributed by atoms with Crippen molar-refractivity contribution in [2.24, 2.45) is 0 Å². The number of benzene rings is 1. The zero-order chi connectivity index (χ0) is 15.4. The lowest BCUT2D eigenvalue weighted by atomic mass is 10.3. The SMILES string of the molecule is Nn1c(SCCOc2ccc(Br)cc2)nnc1-c1ccco1. The first kappa shape index (κ1) is 15.0. The van der Waals surface area contributed by atoms with Crippen molar-refractivity contribution < 1.29 is 9.15 Å². The number of nitrogen functional groups attached to an aromatic ring is 1. The first-order valence-electron chi connectivity index (χ1n) is 6.49. The molecule has 22 heavy (non-hydrogen) atoms. The van der Waals surface area contributed by atoms with Crippen LogP contribution in [0.1, 0.15) is 0 Å². The second kappa shape index (κ2) is 6.89. The Bertz CT molecular complexity index is 728. The normalized spacial score (nSPS) is 10.8. The van der Waals surface area contributed by atoms with Crippen LogP contribution in [0.25, 0.3) is 11.6 Å². The lowest BCUT2D eigenvalue weighted by molar-refractivity contribution is 0.344. The molecule has 2 heterocycles. The first-order valence-corrected chi connectivity index (χ1v) is 8.27. The second-order valence-electron chi connectivity index (χ2n) is 4.30. The molecule has 1 aromatic carbocycles. The predicted molar refractivity (Wildman–Crippen MR) is 88.2 cm³/mol. The summed E-state index contributed by atoms with van der Waals surface area (Å²) < 4.78 is 13.4. The van der Waals surface area contributed by atoms with Crippen molar-refractivity contribution in [1.29, 1.82) is 0 Å². The van der Waals surface area contributed by atoms with Gasteiger partial charge in [-0.05, 0) is 36.4 Å². The molecule has 0 atom stereocenters. The van der Waals surface area contributed by atoms with E-state index in [2.05, 4.69) is 26.1 Å². The van der Waals surface area contributed by atoms with Gasteiger partial charge in [-0.3, -0.25) is 0 Å². The minimum Gasteiger partial charge on any atom is -0.493 e. The number of hydrogen-bond donors (Lipinski definition) is 1. The van der Waals surface area contributed by atoms with Crippen LogP contribution in [-0.2, 0) is 0 Å². The zero-order valence-electron chi connectivity index (χ0n) is 11.5. The van der Waals surface area contributed by atoms with Gasteiger partial charge in [0.05, 0.1) is 12.9 Å². The van der Waals surface area contributed by atoms with E-state index < -0.39 is 0 Å². The van der Waals surface area contributed by atoms with Crippen LogP contribution < -0.4 is 10.6 Å². The number of aromatic nitrogens is 3. The van der Waals surface area contributed by atoms with Crippen molar-refractivity contribution in [2.75, 3.05) is 18.2 Å². The number of hydrogen-bond acceptors (Lipinski definition) is 6. The topological polar surface area (TPSA) is 79.1 Å². The fraction of sp³-hybridized carbons (Fsp3) is 0.143. The highest BCUT2D eigenvalue weighted by Crippen LogP contribution is 2.22. The van der Waals surface area contributed by atoms with Gasteiger partial charge < -0.3 is 15.0 Å². The van der Waals surface area contributed by atoms with Crippen LogP contribution in [-0.4, -0.2) is 27.2 Å². The van der Waals surface area contributed by atoms with Crippen LogP contribution in [0.5, 0.6) is 5.75 Å². The van der Waals surface area contributed by atoms with Gasteiger partial charge in [-0.1, -0.05) is 27.7 Å². The van der Waals surface area contributed by atoms with Crippen molar-refractivity contribution in [3.8, 4) is 17.3 Å². The third kappa shape index (κ3) is 3.45. The zero-order valence-corrected chi connectivity index (χ0v) is 13.9. The van der Waals surface area contributed by atoms with Gasteiger partial charge in [0.15, 0.2) is 5.76 Å². The molecule has 0 aliphatic heterocycles. The Morgan fingerprint density at radius 2 is 2.05 bits per heavy atom. The van der Waals surface area contributed by atoms with E-state index in [0.29, 0.717) is 29.1 Å². The molecule has 0 amide bonds. The average Bonchev–Trinajstić information content (AvgIpc) is 3.16. The highest BCUT2D eigenvalue weighted by atomic mass is 79.9. The van der Waals surface area contributed by atoms with E-state index >= 15 is 0 Å². The van der Waals surface area contributed by atoms with Gasteiger partial charge in [0.25, 0.3) is 0 Å². The minimum absolute atomic E-state index is 0.501. The van der Waals surface area contributed by atoms with Crippen LogP contribution in [0.3, 0.4) is 0 Å². The van der Waals surface area contributed by atoms with Crippen molar-refractivity contribution >= 4 is 27.7 Å².